The summed E-state index contributed by atoms with van der Waals surface area (Å²) in [4.78, 5) is 34.5. The molecule has 3 aliphatic heterocycles. The van der Waals surface area contributed by atoms with E-state index in [2.05, 4.69) is 16.8 Å². The zero-order chi connectivity index (χ0) is 18.1. The summed E-state index contributed by atoms with van der Waals surface area (Å²) in [6.07, 6.45) is 5.46. The average Bonchev–Trinajstić information content (AvgIpc) is 3.18. The van der Waals surface area contributed by atoms with Gasteiger partial charge in [-0.15, -0.1) is 0 Å². The largest absolute Gasteiger partial charge is 0.351 e. The van der Waals surface area contributed by atoms with Crippen molar-refractivity contribution < 1.29 is 9.59 Å². The van der Waals surface area contributed by atoms with Crippen LogP contribution in [0.2, 0.25) is 0 Å². The quantitative estimate of drug-likeness (QED) is 0.763. The van der Waals surface area contributed by atoms with Crippen LogP contribution in [0.25, 0.3) is 5.57 Å². The fourth-order valence-electron chi connectivity index (χ4n) is 3.71. The van der Waals surface area contributed by atoms with Crippen molar-refractivity contribution in [3.63, 3.8) is 0 Å². The van der Waals surface area contributed by atoms with E-state index in [1.165, 1.54) is 18.2 Å². The van der Waals surface area contributed by atoms with Crippen LogP contribution in [-0.2, 0) is 9.59 Å². The Morgan fingerprint density at radius 3 is 2.65 bits per heavy atom. The first kappa shape index (κ1) is 17.3. The van der Waals surface area contributed by atoms with Gasteiger partial charge in [0.05, 0.1) is 16.2 Å². The van der Waals surface area contributed by atoms with Gasteiger partial charge in [0, 0.05) is 25.2 Å². The monoisotopic (exact) mass is 369 g/mol. The number of para-hydroxylation sites is 1. The Bertz CT molecular complexity index is 809. The molecule has 1 aromatic carbocycles. The first-order chi connectivity index (χ1) is 12.7. The maximum atomic E-state index is 13.1. The third-order valence-electron chi connectivity index (χ3n) is 5.10. The maximum Gasteiger partial charge on any atom is 0.287 e. The lowest BCUT2D eigenvalue weighted by Gasteiger charge is -2.27. The summed E-state index contributed by atoms with van der Waals surface area (Å²) in [6, 6.07) is 7.77. The van der Waals surface area contributed by atoms with Crippen LogP contribution in [0, 0.1) is 0 Å². The highest BCUT2D eigenvalue weighted by atomic mass is 32.2. The smallest absolute Gasteiger partial charge is 0.287 e. The summed E-state index contributed by atoms with van der Waals surface area (Å²) >= 11 is 1.37. The fourth-order valence-corrected chi connectivity index (χ4v) is 4.77. The molecule has 0 unspecified atom stereocenters. The molecule has 0 N–H and O–H groups in total. The van der Waals surface area contributed by atoms with Crippen molar-refractivity contribution in [1.82, 2.24) is 4.90 Å². The van der Waals surface area contributed by atoms with E-state index in [-0.39, 0.29) is 11.8 Å². The lowest BCUT2D eigenvalue weighted by molar-refractivity contribution is -0.115. The molecule has 0 aliphatic carbocycles. The van der Waals surface area contributed by atoms with Gasteiger partial charge in [-0.2, -0.15) is 4.99 Å². The van der Waals surface area contributed by atoms with E-state index >= 15 is 0 Å². The molecule has 0 bridgehead atoms. The van der Waals surface area contributed by atoms with Crippen molar-refractivity contribution in [1.29, 1.82) is 0 Å². The number of carbonyl (C=O) groups excluding carboxylic acids is 2. The van der Waals surface area contributed by atoms with E-state index in [4.69, 9.17) is 0 Å². The normalized spacial score (nSPS) is 22.9. The summed E-state index contributed by atoms with van der Waals surface area (Å²) in [5.41, 5.74) is 2.30. The summed E-state index contributed by atoms with van der Waals surface area (Å²) in [5.74, 6) is -0.336. The Hall–Kier alpha value is -2.08. The molecule has 1 aromatic rings. The van der Waals surface area contributed by atoms with Crippen LogP contribution in [0.4, 0.5) is 5.69 Å². The van der Waals surface area contributed by atoms with Crippen molar-refractivity contribution in [2.45, 2.75) is 39.0 Å². The van der Waals surface area contributed by atoms with Gasteiger partial charge in [0.15, 0.2) is 5.17 Å². The van der Waals surface area contributed by atoms with Crippen molar-refractivity contribution in [3.05, 3.63) is 34.7 Å². The molecule has 6 heteroatoms. The van der Waals surface area contributed by atoms with Crippen molar-refractivity contribution in [3.8, 4) is 0 Å². The SMILES string of the molecule is CCCCN1C(=O)/C(=C2/SC(N3CCCCC3)=NC2=O)c2ccccc21. The number of anilines is 1. The zero-order valence-corrected chi connectivity index (χ0v) is 15.8. The first-order valence-electron chi connectivity index (χ1n) is 9.42. The summed E-state index contributed by atoms with van der Waals surface area (Å²) in [6.45, 7) is 4.67. The fraction of sp³-hybridized carbons (Fsp3) is 0.450. The zero-order valence-electron chi connectivity index (χ0n) is 15.0. The molecule has 0 radical (unpaired) electrons. The molecule has 5 nitrogen and oxygen atoms in total. The molecule has 0 atom stereocenters. The van der Waals surface area contributed by atoms with E-state index in [1.807, 2.05) is 29.2 Å². The number of hydrogen-bond donors (Lipinski definition) is 0. The van der Waals surface area contributed by atoms with Gasteiger partial charge in [0.25, 0.3) is 11.8 Å². The lowest BCUT2D eigenvalue weighted by Crippen LogP contribution is -2.33. The van der Waals surface area contributed by atoms with E-state index in [0.717, 1.165) is 55.2 Å². The second-order valence-electron chi connectivity index (χ2n) is 6.88. The highest BCUT2D eigenvalue weighted by molar-refractivity contribution is 8.18. The van der Waals surface area contributed by atoms with E-state index in [9.17, 15) is 9.59 Å². The molecule has 136 valence electrons. The molecule has 3 heterocycles. The van der Waals surface area contributed by atoms with Gasteiger partial charge in [-0.25, -0.2) is 0 Å². The highest BCUT2D eigenvalue weighted by Crippen LogP contribution is 2.43. The van der Waals surface area contributed by atoms with E-state index < -0.39 is 0 Å². The predicted octanol–water partition coefficient (Wildman–Crippen LogP) is 3.66. The Labute approximate surface area is 158 Å². The lowest BCUT2D eigenvalue weighted by atomic mass is 10.1. The molecule has 1 saturated heterocycles. The van der Waals surface area contributed by atoms with Crippen LogP contribution < -0.4 is 4.90 Å². The molecule has 3 aliphatic rings. The van der Waals surface area contributed by atoms with Crippen LogP contribution in [0.5, 0.6) is 0 Å². The minimum Gasteiger partial charge on any atom is -0.351 e. The summed E-state index contributed by atoms with van der Waals surface area (Å²) in [7, 11) is 0. The number of fused-ring (bicyclic) bond motifs is 1. The standard InChI is InChI=1S/C20H23N3O2S/c1-2-3-13-23-15-10-6-5-9-14(15)16(19(23)25)17-18(24)21-20(26-17)22-11-7-4-8-12-22/h5-6,9-10H,2-4,7-8,11-13H2,1H3/b17-16+. The molecule has 0 spiro atoms. The number of amides is 2. The molecule has 2 amide bonds. The molecule has 4 rings (SSSR count). The molecule has 1 fully saturated rings. The number of likely N-dealkylation sites (tertiary alicyclic amines) is 1. The predicted molar refractivity (Wildman–Crippen MR) is 106 cm³/mol. The van der Waals surface area contributed by atoms with E-state index in [0.29, 0.717) is 17.0 Å². The van der Waals surface area contributed by atoms with Gasteiger partial charge in [0.1, 0.15) is 0 Å². The molecular formula is C20H23N3O2S. The van der Waals surface area contributed by atoms with Gasteiger partial charge in [0.2, 0.25) is 0 Å². The number of aliphatic imine (C=N–C) groups is 1. The molecule has 26 heavy (non-hydrogen) atoms. The second-order valence-corrected chi connectivity index (χ2v) is 7.86. The van der Waals surface area contributed by atoms with Crippen LogP contribution in [-0.4, -0.2) is 41.5 Å². The maximum absolute atomic E-state index is 13.1. The Balaban J connectivity index is 1.68. The topological polar surface area (TPSA) is 53.0 Å². The number of piperidine rings is 1. The minimum atomic E-state index is -0.272. The third kappa shape index (κ3) is 2.96. The number of rotatable bonds is 3. The summed E-state index contributed by atoms with van der Waals surface area (Å²) < 4.78 is 0. The van der Waals surface area contributed by atoms with Crippen LogP contribution >= 0.6 is 11.8 Å². The minimum absolute atomic E-state index is 0.0643. The van der Waals surface area contributed by atoms with Gasteiger partial charge < -0.3 is 9.80 Å². The Kier molecular flexibility index (Phi) is 4.85. The average molecular weight is 369 g/mol. The first-order valence-corrected chi connectivity index (χ1v) is 10.2. The third-order valence-corrected chi connectivity index (χ3v) is 6.21. The van der Waals surface area contributed by atoms with Gasteiger partial charge in [-0.1, -0.05) is 31.5 Å². The van der Waals surface area contributed by atoms with Crippen LogP contribution in [0.1, 0.15) is 44.6 Å². The van der Waals surface area contributed by atoms with Crippen LogP contribution in [0.3, 0.4) is 0 Å². The molecule has 0 saturated carbocycles. The number of thioether (sulfide) groups is 1. The van der Waals surface area contributed by atoms with Gasteiger partial charge in [-0.3, -0.25) is 9.59 Å². The number of benzene rings is 1. The van der Waals surface area contributed by atoms with Crippen molar-refractivity contribution in [2.24, 2.45) is 4.99 Å². The number of carbonyl (C=O) groups is 2. The molecular weight excluding hydrogens is 346 g/mol. The molecule has 0 aromatic heterocycles. The van der Waals surface area contributed by atoms with Crippen molar-refractivity contribution >= 4 is 40.0 Å². The summed E-state index contributed by atoms with van der Waals surface area (Å²) in [5, 5.41) is 0.759. The van der Waals surface area contributed by atoms with E-state index in [1.54, 1.807) is 0 Å². The van der Waals surface area contributed by atoms with Gasteiger partial charge >= 0.3 is 0 Å². The number of nitrogens with zero attached hydrogens (tertiary/aromatic N) is 3. The van der Waals surface area contributed by atoms with Crippen LogP contribution in [0.15, 0.2) is 34.2 Å². The number of unbranched alkanes of at least 4 members (excludes halogenated alkanes) is 1. The second kappa shape index (κ2) is 7.27. The number of hydrogen-bond acceptors (Lipinski definition) is 4. The van der Waals surface area contributed by atoms with Gasteiger partial charge in [-0.05, 0) is 43.5 Å². The number of amidine groups is 1. The highest BCUT2D eigenvalue weighted by Gasteiger charge is 2.39. The van der Waals surface area contributed by atoms with Crippen molar-refractivity contribution in [2.75, 3.05) is 24.5 Å². The Morgan fingerprint density at radius 2 is 1.88 bits per heavy atom. The Morgan fingerprint density at radius 1 is 1.12 bits per heavy atom.